The lowest BCUT2D eigenvalue weighted by molar-refractivity contribution is 0.372. The quantitative estimate of drug-likeness (QED) is 0.623. The third-order valence-electron chi connectivity index (χ3n) is 4.53. The zero-order valence-electron chi connectivity index (χ0n) is 15.6. The summed E-state index contributed by atoms with van der Waals surface area (Å²) in [6, 6.07) is 3.69. The van der Waals surface area contributed by atoms with Crippen LogP contribution < -0.4 is 10.2 Å². The second-order valence-electron chi connectivity index (χ2n) is 6.28. The standard InChI is InChI=1S/C18H24F2N6S/c1-3-16-23-18(27-24-16)26-10-8-25(9-11-26)17(21-2)22-7-6-13-4-5-14(19)12-15(13)20/h4-5,12H,3,6-11H2,1-2H3,(H,21,22). The van der Waals surface area contributed by atoms with Crippen LogP contribution in [0.3, 0.4) is 0 Å². The number of benzene rings is 1. The predicted molar refractivity (Wildman–Crippen MR) is 104 cm³/mol. The van der Waals surface area contributed by atoms with Gasteiger partial charge in [0, 0.05) is 63.8 Å². The first kappa shape index (κ1) is 19.5. The number of hydrogen-bond donors (Lipinski definition) is 1. The van der Waals surface area contributed by atoms with Crippen molar-refractivity contribution in [3.63, 3.8) is 0 Å². The van der Waals surface area contributed by atoms with Crippen molar-refractivity contribution in [2.24, 2.45) is 4.99 Å². The van der Waals surface area contributed by atoms with Crippen molar-refractivity contribution in [2.75, 3.05) is 44.7 Å². The van der Waals surface area contributed by atoms with Gasteiger partial charge in [-0.25, -0.2) is 13.8 Å². The second kappa shape index (κ2) is 9.07. The zero-order valence-corrected chi connectivity index (χ0v) is 16.4. The molecule has 9 heteroatoms. The molecule has 0 radical (unpaired) electrons. The summed E-state index contributed by atoms with van der Waals surface area (Å²) in [4.78, 5) is 13.3. The van der Waals surface area contributed by atoms with E-state index in [9.17, 15) is 8.78 Å². The number of anilines is 1. The van der Waals surface area contributed by atoms with Crippen LogP contribution in [0, 0.1) is 11.6 Å². The predicted octanol–water partition coefficient (Wildman–Crippen LogP) is 2.32. The van der Waals surface area contributed by atoms with Crippen LogP contribution in [0.15, 0.2) is 23.2 Å². The Morgan fingerprint density at radius 1 is 1.26 bits per heavy atom. The van der Waals surface area contributed by atoms with E-state index in [1.165, 1.54) is 23.7 Å². The molecule has 0 spiro atoms. The van der Waals surface area contributed by atoms with Crippen LogP contribution in [-0.4, -0.2) is 60.0 Å². The SMILES string of the molecule is CCc1nsc(N2CCN(C(=NC)NCCc3ccc(F)cc3F)CC2)n1. The minimum atomic E-state index is -0.556. The van der Waals surface area contributed by atoms with Gasteiger partial charge in [-0.15, -0.1) is 0 Å². The normalized spacial score (nSPS) is 15.3. The van der Waals surface area contributed by atoms with Gasteiger partial charge in [-0.3, -0.25) is 4.99 Å². The van der Waals surface area contributed by atoms with E-state index in [0.29, 0.717) is 18.5 Å². The fourth-order valence-corrected chi connectivity index (χ4v) is 3.79. The van der Waals surface area contributed by atoms with E-state index in [1.54, 1.807) is 7.05 Å². The van der Waals surface area contributed by atoms with Crippen molar-refractivity contribution in [2.45, 2.75) is 19.8 Å². The van der Waals surface area contributed by atoms with Crippen molar-refractivity contribution >= 4 is 22.6 Å². The van der Waals surface area contributed by atoms with E-state index in [2.05, 4.69) is 36.4 Å². The average Bonchev–Trinajstić information content (AvgIpc) is 3.16. The van der Waals surface area contributed by atoms with Gasteiger partial charge < -0.3 is 15.1 Å². The number of aromatic nitrogens is 2. The summed E-state index contributed by atoms with van der Waals surface area (Å²) < 4.78 is 31.0. The lowest BCUT2D eigenvalue weighted by Gasteiger charge is -2.36. The fourth-order valence-electron chi connectivity index (χ4n) is 2.99. The van der Waals surface area contributed by atoms with E-state index >= 15 is 0 Å². The molecule has 0 unspecified atom stereocenters. The van der Waals surface area contributed by atoms with Crippen LogP contribution >= 0.6 is 11.5 Å². The first-order valence-corrected chi connectivity index (χ1v) is 9.85. The Kier molecular flexibility index (Phi) is 6.54. The molecule has 0 aliphatic carbocycles. The largest absolute Gasteiger partial charge is 0.356 e. The lowest BCUT2D eigenvalue weighted by Crippen LogP contribution is -2.52. The highest BCUT2D eigenvalue weighted by atomic mass is 32.1. The molecular weight excluding hydrogens is 370 g/mol. The number of rotatable bonds is 5. The molecule has 1 aromatic heterocycles. The van der Waals surface area contributed by atoms with Crippen LogP contribution in [-0.2, 0) is 12.8 Å². The number of aryl methyl sites for hydroxylation is 1. The number of guanidine groups is 1. The molecule has 6 nitrogen and oxygen atoms in total. The van der Waals surface area contributed by atoms with Crippen molar-refractivity contribution in [1.82, 2.24) is 19.6 Å². The number of halogens is 2. The second-order valence-corrected chi connectivity index (χ2v) is 7.01. The molecule has 0 saturated carbocycles. The number of piperazine rings is 1. The molecule has 1 aromatic carbocycles. The fraction of sp³-hybridized carbons (Fsp3) is 0.500. The van der Waals surface area contributed by atoms with Gasteiger partial charge in [0.1, 0.15) is 17.5 Å². The maximum Gasteiger partial charge on any atom is 0.205 e. The van der Waals surface area contributed by atoms with Gasteiger partial charge in [0.25, 0.3) is 0 Å². The summed E-state index contributed by atoms with van der Waals surface area (Å²) in [6.45, 7) is 5.94. The van der Waals surface area contributed by atoms with Crippen molar-refractivity contribution in [1.29, 1.82) is 0 Å². The summed E-state index contributed by atoms with van der Waals surface area (Å²) in [7, 11) is 1.74. The van der Waals surface area contributed by atoms with Gasteiger partial charge in [0.05, 0.1) is 0 Å². The van der Waals surface area contributed by atoms with Gasteiger partial charge in [-0.2, -0.15) is 4.37 Å². The third kappa shape index (κ3) is 4.91. The van der Waals surface area contributed by atoms with Crippen molar-refractivity contribution in [3.05, 3.63) is 41.2 Å². The maximum absolute atomic E-state index is 13.7. The molecule has 1 saturated heterocycles. The minimum absolute atomic E-state index is 0.468. The summed E-state index contributed by atoms with van der Waals surface area (Å²) in [5, 5.41) is 4.24. The topological polar surface area (TPSA) is 56.7 Å². The molecule has 3 rings (SSSR count). The Morgan fingerprint density at radius 3 is 2.67 bits per heavy atom. The van der Waals surface area contributed by atoms with Crippen LogP contribution in [0.4, 0.5) is 13.9 Å². The van der Waals surface area contributed by atoms with Crippen molar-refractivity contribution in [3.8, 4) is 0 Å². The number of hydrogen-bond acceptors (Lipinski definition) is 5. The molecule has 1 aliphatic rings. The highest BCUT2D eigenvalue weighted by Crippen LogP contribution is 2.19. The summed E-state index contributed by atoms with van der Waals surface area (Å²) >= 11 is 1.45. The van der Waals surface area contributed by atoms with E-state index in [0.717, 1.165) is 55.6 Å². The number of nitrogens with one attached hydrogen (secondary N) is 1. The van der Waals surface area contributed by atoms with E-state index in [4.69, 9.17) is 0 Å². The van der Waals surface area contributed by atoms with E-state index in [-0.39, 0.29) is 0 Å². The number of aliphatic imine (C=N–C) groups is 1. The molecule has 0 bridgehead atoms. The molecule has 0 amide bonds. The molecule has 2 heterocycles. The summed E-state index contributed by atoms with van der Waals surface area (Å²) in [6.07, 6.45) is 1.32. The molecule has 146 valence electrons. The van der Waals surface area contributed by atoms with Crippen LogP contribution in [0.1, 0.15) is 18.3 Å². The monoisotopic (exact) mass is 394 g/mol. The Labute approximate surface area is 162 Å². The van der Waals surface area contributed by atoms with Crippen LogP contribution in [0.2, 0.25) is 0 Å². The molecule has 2 aromatic rings. The first-order chi connectivity index (χ1) is 13.1. The molecule has 1 aliphatic heterocycles. The molecule has 1 N–H and O–H groups in total. The maximum atomic E-state index is 13.7. The zero-order chi connectivity index (χ0) is 19.2. The van der Waals surface area contributed by atoms with Gasteiger partial charge >= 0.3 is 0 Å². The van der Waals surface area contributed by atoms with E-state index in [1.807, 2.05) is 0 Å². The van der Waals surface area contributed by atoms with Gasteiger partial charge in [-0.05, 0) is 18.1 Å². The molecule has 1 fully saturated rings. The minimum Gasteiger partial charge on any atom is -0.356 e. The average molecular weight is 394 g/mol. The lowest BCUT2D eigenvalue weighted by atomic mass is 10.1. The van der Waals surface area contributed by atoms with Gasteiger partial charge in [-0.1, -0.05) is 13.0 Å². The Morgan fingerprint density at radius 2 is 2.04 bits per heavy atom. The molecule has 0 atom stereocenters. The number of nitrogens with zero attached hydrogens (tertiary/aromatic N) is 5. The highest BCUT2D eigenvalue weighted by molar-refractivity contribution is 7.09. The smallest absolute Gasteiger partial charge is 0.205 e. The Bertz CT molecular complexity index is 786. The summed E-state index contributed by atoms with van der Waals surface area (Å²) in [5.74, 6) is 0.620. The first-order valence-electron chi connectivity index (χ1n) is 9.07. The van der Waals surface area contributed by atoms with Crippen LogP contribution in [0.5, 0.6) is 0 Å². The van der Waals surface area contributed by atoms with Crippen molar-refractivity contribution < 1.29 is 8.78 Å². The Hall–Kier alpha value is -2.29. The summed E-state index contributed by atoms with van der Waals surface area (Å²) in [5.41, 5.74) is 0.493. The van der Waals surface area contributed by atoms with Gasteiger partial charge in [0.2, 0.25) is 5.13 Å². The molecule has 27 heavy (non-hydrogen) atoms. The van der Waals surface area contributed by atoms with Crippen LogP contribution in [0.25, 0.3) is 0 Å². The van der Waals surface area contributed by atoms with Gasteiger partial charge in [0.15, 0.2) is 5.96 Å². The highest BCUT2D eigenvalue weighted by Gasteiger charge is 2.22. The van der Waals surface area contributed by atoms with E-state index < -0.39 is 11.6 Å². The third-order valence-corrected chi connectivity index (χ3v) is 5.34. The Balaban J connectivity index is 1.48. The molecular formula is C18H24F2N6S.